The van der Waals surface area contributed by atoms with Crippen LogP contribution in [0.4, 0.5) is 4.39 Å². The van der Waals surface area contributed by atoms with Crippen molar-refractivity contribution in [3.8, 4) is 17.0 Å². The maximum absolute atomic E-state index is 13.3. The van der Waals surface area contributed by atoms with Crippen molar-refractivity contribution in [1.82, 2.24) is 4.57 Å². The Morgan fingerprint density at radius 1 is 1.15 bits per heavy atom. The minimum Gasteiger partial charge on any atom is -0.497 e. The molecule has 0 N–H and O–H groups in total. The highest BCUT2D eigenvalue weighted by Gasteiger charge is 2.33. The number of halogens is 1. The SMILES string of the molecule is COc1ccc(C(=O)[C@@H](C)[n+]2cc(-c3ccc(F)cc3)n3c2CCC3)cc1. The molecule has 0 radical (unpaired) electrons. The number of imidazole rings is 1. The van der Waals surface area contributed by atoms with Crippen molar-refractivity contribution in [2.24, 2.45) is 0 Å². The number of carbonyl (C=O) groups excluding carboxylic acids is 1. The van der Waals surface area contributed by atoms with Crippen LogP contribution in [0.3, 0.4) is 0 Å². The summed E-state index contributed by atoms with van der Waals surface area (Å²) >= 11 is 0. The van der Waals surface area contributed by atoms with Crippen molar-refractivity contribution >= 4 is 5.78 Å². The molecule has 0 fully saturated rings. The summed E-state index contributed by atoms with van der Waals surface area (Å²) in [5.74, 6) is 1.69. The number of carbonyl (C=O) groups is 1. The summed E-state index contributed by atoms with van der Waals surface area (Å²) in [5.41, 5.74) is 2.65. The number of Topliss-reactive ketones (excluding diaryl/α,β-unsaturated/α-hetero) is 1. The van der Waals surface area contributed by atoms with Crippen molar-refractivity contribution < 1.29 is 18.5 Å². The molecule has 2 heterocycles. The first kappa shape index (κ1) is 17.5. The molecule has 0 saturated carbocycles. The number of hydrogen-bond donors (Lipinski definition) is 0. The average molecular weight is 365 g/mol. The van der Waals surface area contributed by atoms with Gasteiger partial charge >= 0.3 is 0 Å². The molecule has 4 nitrogen and oxygen atoms in total. The second-order valence-electron chi connectivity index (χ2n) is 6.87. The highest BCUT2D eigenvalue weighted by Crippen LogP contribution is 2.26. The van der Waals surface area contributed by atoms with Crippen LogP contribution in [0.1, 0.15) is 35.6 Å². The molecule has 138 valence electrons. The third kappa shape index (κ3) is 3.14. The van der Waals surface area contributed by atoms with Gasteiger partial charge in [0.05, 0.1) is 20.1 Å². The molecule has 0 unspecified atom stereocenters. The molecular formula is C22H22FN2O2+. The van der Waals surface area contributed by atoms with Gasteiger partial charge in [-0.05, 0) is 61.9 Å². The highest BCUT2D eigenvalue weighted by molar-refractivity contribution is 5.97. The lowest BCUT2D eigenvalue weighted by molar-refractivity contribution is -0.710. The fourth-order valence-electron chi connectivity index (χ4n) is 3.77. The number of methoxy groups -OCH3 is 1. The topological polar surface area (TPSA) is 35.1 Å². The molecule has 0 amide bonds. The third-order valence-electron chi connectivity index (χ3n) is 5.26. The van der Waals surface area contributed by atoms with Gasteiger partial charge in [-0.25, -0.2) is 13.5 Å². The molecule has 0 saturated heterocycles. The van der Waals surface area contributed by atoms with Crippen LogP contribution in [0.15, 0.2) is 54.7 Å². The maximum atomic E-state index is 13.3. The molecule has 0 spiro atoms. The molecule has 0 aliphatic carbocycles. The van der Waals surface area contributed by atoms with Crippen LogP contribution in [-0.4, -0.2) is 17.5 Å². The molecule has 2 aromatic carbocycles. The monoisotopic (exact) mass is 365 g/mol. The summed E-state index contributed by atoms with van der Waals surface area (Å²) in [6.07, 6.45) is 4.00. The summed E-state index contributed by atoms with van der Waals surface area (Å²) in [7, 11) is 1.61. The Hall–Kier alpha value is -2.95. The van der Waals surface area contributed by atoms with E-state index in [1.165, 1.54) is 12.1 Å². The van der Waals surface area contributed by atoms with Crippen molar-refractivity contribution in [3.63, 3.8) is 0 Å². The van der Waals surface area contributed by atoms with Crippen LogP contribution in [0.25, 0.3) is 11.3 Å². The molecule has 1 aromatic heterocycles. The first-order valence-corrected chi connectivity index (χ1v) is 9.16. The molecule has 3 aromatic rings. The van der Waals surface area contributed by atoms with Crippen LogP contribution in [-0.2, 0) is 13.0 Å². The first-order chi connectivity index (χ1) is 13.1. The van der Waals surface area contributed by atoms with Gasteiger partial charge < -0.3 is 4.74 Å². The number of ether oxygens (including phenoxy) is 1. The van der Waals surface area contributed by atoms with Crippen LogP contribution >= 0.6 is 0 Å². The number of hydrogen-bond acceptors (Lipinski definition) is 2. The second kappa shape index (κ2) is 6.99. The van der Waals surface area contributed by atoms with Crippen molar-refractivity contribution in [2.75, 3.05) is 7.11 Å². The van der Waals surface area contributed by atoms with Gasteiger partial charge in [0, 0.05) is 11.1 Å². The normalized spacial score (nSPS) is 14.0. The fourth-order valence-corrected chi connectivity index (χ4v) is 3.77. The molecule has 1 atom stereocenters. The molecule has 1 aliphatic rings. The quantitative estimate of drug-likeness (QED) is 0.506. The Balaban J connectivity index is 1.69. The van der Waals surface area contributed by atoms with E-state index < -0.39 is 0 Å². The minimum atomic E-state index is -0.313. The van der Waals surface area contributed by atoms with E-state index in [9.17, 15) is 9.18 Å². The van der Waals surface area contributed by atoms with Gasteiger partial charge in [0.25, 0.3) is 5.82 Å². The van der Waals surface area contributed by atoms with Gasteiger partial charge in [0.15, 0.2) is 11.7 Å². The smallest absolute Gasteiger partial charge is 0.257 e. The van der Waals surface area contributed by atoms with E-state index in [0.29, 0.717) is 5.56 Å². The van der Waals surface area contributed by atoms with E-state index in [0.717, 1.165) is 42.2 Å². The van der Waals surface area contributed by atoms with E-state index >= 15 is 0 Å². The second-order valence-corrected chi connectivity index (χ2v) is 6.87. The Bertz CT molecular complexity index is 975. The van der Waals surface area contributed by atoms with Gasteiger partial charge in [-0.15, -0.1) is 0 Å². The Morgan fingerprint density at radius 2 is 1.85 bits per heavy atom. The van der Waals surface area contributed by atoms with Gasteiger partial charge in [-0.2, -0.15) is 0 Å². The Kier molecular flexibility index (Phi) is 4.52. The van der Waals surface area contributed by atoms with E-state index in [-0.39, 0.29) is 17.6 Å². The lowest BCUT2D eigenvalue weighted by Gasteiger charge is -2.09. The van der Waals surface area contributed by atoms with Crippen molar-refractivity contribution in [3.05, 3.63) is 71.9 Å². The van der Waals surface area contributed by atoms with Gasteiger partial charge in [0.2, 0.25) is 5.78 Å². The number of ketones is 1. The standard InChI is InChI=1S/C22H22FN2O2/c1-15(22(26)17-7-11-19(27-2)12-8-17)25-14-20(24-13-3-4-21(24)25)16-5-9-18(23)10-6-16/h5-12,14-15H,3-4,13H2,1-2H3/q+1/t15-/m1/s1. The van der Waals surface area contributed by atoms with Crippen LogP contribution in [0.2, 0.25) is 0 Å². The van der Waals surface area contributed by atoms with E-state index in [4.69, 9.17) is 4.74 Å². The summed E-state index contributed by atoms with van der Waals surface area (Å²) in [4.78, 5) is 13.0. The Morgan fingerprint density at radius 3 is 2.52 bits per heavy atom. The van der Waals surface area contributed by atoms with E-state index in [1.807, 2.05) is 13.1 Å². The van der Waals surface area contributed by atoms with Crippen LogP contribution in [0.5, 0.6) is 5.75 Å². The van der Waals surface area contributed by atoms with Crippen LogP contribution < -0.4 is 9.30 Å². The molecule has 27 heavy (non-hydrogen) atoms. The Labute approximate surface area is 157 Å². The summed E-state index contributed by atoms with van der Waals surface area (Å²) in [6, 6.07) is 13.4. The lowest BCUT2D eigenvalue weighted by atomic mass is 10.0. The molecule has 4 rings (SSSR count). The zero-order chi connectivity index (χ0) is 19.0. The molecular weight excluding hydrogens is 343 g/mol. The van der Waals surface area contributed by atoms with Crippen molar-refractivity contribution in [2.45, 2.75) is 32.4 Å². The highest BCUT2D eigenvalue weighted by atomic mass is 19.1. The zero-order valence-corrected chi connectivity index (χ0v) is 15.5. The lowest BCUT2D eigenvalue weighted by Crippen LogP contribution is -2.44. The summed E-state index contributed by atoms with van der Waals surface area (Å²) in [5, 5.41) is 0. The molecule has 0 bridgehead atoms. The fraction of sp³-hybridized carbons (Fsp3) is 0.273. The molecule has 5 heteroatoms. The minimum absolute atomic E-state index is 0.0635. The number of benzene rings is 2. The predicted octanol–water partition coefficient (Wildman–Crippen LogP) is 3.98. The number of fused-ring (bicyclic) bond motifs is 1. The van der Waals surface area contributed by atoms with Crippen molar-refractivity contribution in [1.29, 1.82) is 0 Å². The number of nitrogens with zero attached hydrogens (tertiary/aromatic N) is 2. The number of aromatic nitrogens is 2. The largest absolute Gasteiger partial charge is 0.497 e. The summed E-state index contributed by atoms with van der Waals surface area (Å²) in [6.45, 7) is 2.85. The predicted molar refractivity (Wildman–Crippen MR) is 100 cm³/mol. The summed E-state index contributed by atoms with van der Waals surface area (Å²) < 4.78 is 22.8. The van der Waals surface area contributed by atoms with Crippen LogP contribution in [0, 0.1) is 5.82 Å². The first-order valence-electron chi connectivity index (χ1n) is 9.16. The maximum Gasteiger partial charge on any atom is 0.257 e. The third-order valence-corrected chi connectivity index (χ3v) is 5.26. The van der Waals surface area contributed by atoms with Gasteiger partial charge in [0.1, 0.15) is 17.8 Å². The van der Waals surface area contributed by atoms with Gasteiger partial charge in [-0.1, -0.05) is 0 Å². The average Bonchev–Trinajstić information content (AvgIpc) is 3.30. The van der Waals surface area contributed by atoms with Gasteiger partial charge in [-0.3, -0.25) is 4.79 Å². The van der Waals surface area contributed by atoms with E-state index in [2.05, 4.69) is 9.13 Å². The van der Waals surface area contributed by atoms with E-state index in [1.54, 1.807) is 43.5 Å². The molecule has 1 aliphatic heterocycles. The number of rotatable bonds is 5. The zero-order valence-electron chi connectivity index (χ0n) is 15.5.